The van der Waals surface area contributed by atoms with E-state index in [1.807, 2.05) is 54.8 Å². The summed E-state index contributed by atoms with van der Waals surface area (Å²) < 4.78 is 1.87. The maximum atomic E-state index is 13.6. The Labute approximate surface area is 235 Å². The highest BCUT2D eigenvalue weighted by molar-refractivity contribution is 6.46. The lowest BCUT2D eigenvalue weighted by atomic mass is 9.96. The number of benzene rings is 1. The Hall–Kier alpha value is -4.13. The van der Waals surface area contributed by atoms with Gasteiger partial charge >= 0.3 is 0 Å². The first-order valence-corrected chi connectivity index (χ1v) is 14.4. The number of aromatic nitrogens is 2. The lowest BCUT2D eigenvalue weighted by Crippen LogP contribution is -2.46. The predicted octanol–water partition coefficient (Wildman–Crippen LogP) is 6.07. The number of Topliss-reactive ketones (excluding diaryl/α,β-unsaturated/α-hetero) is 1. The van der Waals surface area contributed by atoms with Gasteiger partial charge in [0.25, 0.3) is 11.7 Å². The number of anilines is 3. The van der Waals surface area contributed by atoms with E-state index in [4.69, 9.17) is 4.98 Å². The number of hydrogen-bond acceptors (Lipinski definition) is 5. The van der Waals surface area contributed by atoms with Crippen LogP contribution in [-0.2, 0) is 4.79 Å². The number of nitrogens with one attached hydrogen (secondary N) is 1. The maximum absolute atomic E-state index is 13.6. The fraction of sp³-hybridized carbons (Fsp3) is 0.364. The molecule has 1 amide bonds. The molecule has 0 radical (unpaired) electrons. The molecule has 6 rings (SSSR count). The van der Waals surface area contributed by atoms with Gasteiger partial charge in [-0.3, -0.25) is 9.59 Å². The van der Waals surface area contributed by atoms with Crippen molar-refractivity contribution in [3.05, 3.63) is 88.9 Å². The van der Waals surface area contributed by atoms with Crippen LogP contribution in [0.15, 0.2) is 60.8 Å². The zero-order valence-electron chi connectivity index (χ0n) is 23.6. The Balaban J connectivity index is 1.15. The molecule has 1 saturated carbocycles. The molecule has 2 aliphatic rings. The quantitative estimate of drug-likeness (QED) is 0.240. The van der Waals surface area contributed by atoms with Crippen molar-refractivity contribution in [2.24, 2.45) is 0 Å². The van der Waals surface area contributed by atoms with Gasteiger partial charge in [-0.25, -0.2) is 4.98 Å². The van der Waals surface area contributed by atoms with Gasteiger partial charge in [0.2, 0.25) is 0 Å². The van der Waals surface area contributed by atoms with E-state index in [2.05, 4.69) is 46.3 Å². The van der Waals surface area contributed by atoms with E-state index in [1.54, 1.807) is 0 Å². The van der Waals surface area contributed by atoms with E-state index in [0.29, 0.717) is 17.3 Å². The van der Waals surface area contributed by atoms with Crippen LogP contribution in [0.4, 0.5) is 17.2 Å². The lowest BCUT2D eigenvalue weighted by Gasteiger charge is -2.37. The average Bonchev–Trinajstić information content (AvgIpc) is 3.61. The number of amides is 1. The van der Waals surface area contributed by atoms with Gasteiger partial charge in [-0.15, -0.1) is 0 Å². The molecule has 7 heteroatoms. The number of aryl methyl sites for hydroxylation is 3. The van der Waals surface area contributed by atoms with Crippen LogP contribution >= 0.6 is 0 Å². The Morgan fingerprint density at radius 3 is 2.35 bits per heavy atom. The van der Waals surface area contributed by atoms with Crippen LogP contribution in [0.25, 0.3) is 5.52 Å². The Kier molecular flexibility index (Phi) is 7.05. The van der Waals surface area contributed by atoms with Crippen molar-refractivity contribution >= 4 is 34.4 Å². The molecule has 1 aromatic carbocycles. The third-order valence-electron chi connectivity index (χ3n) is 8.44. The minimum atomic E-state index is -0.589. The normalized spacial score (nSPS) is 16.1. The van der Waals surface area contributed by atoms with Gasteiger partial charge in [0, 0.05) is 55.0 Å². The molecule has 0 atom stereocenters. The second kappa shape index (κ2) is 10.8. The first-order valence-electron chi connectivity index (χ1n) is 14.4. The van der Waals surface area contributed by atoms with Crippen LogP contribution in [0.5, 0.6) is 0 Å². The van der Waals surface area contributed by atoms with Gasteiger partial charge in [-0.1, -0.05) is 18.9 Å². The molecule has 4 heterocycles. The van der Waals surface area contributed by atoms with Gasteiger partial charge < -0.3 is 19.5 Å². The smallest absolute Gasteiger partial charge is 0.298 e. The second-order valence-corrected chi connectivity index (χ2v) is 11.3. The fourth-order valence-electron chi connectivity index (χ4n) is 6.38. The molecule has 3 aromatic heterocycles. The highest BCUT2D eigenvalue weighted by Gasteiger charge is 2.29. The van der Waals surface area contributed by atoms with Crippen LogP contribution in [0.3, 0.4) is 0 Å². The van der Waals surface area contributed by atoms with E-state index >= 15 is 0 Å². The van der Waals surface area contributed by atoms with Crippen LogP contribution < -0.4 is 15.1 Å². The summed E-state index contributed by atoms with van der Waals surface area (Å²) >= 11 is 0. The maximum Gasteiger partial charge on any atom is 0.298 e. The summed E-state index contributed by atoms with van der Waals surface area (Å²) in [5.41, 5.74) is 7.47. The third-order valence-corrected chi connectivity index (χ3v) is 8.44. The molecule has 1 saturated heterocycles. The zero-order chi connectivity index (χ0) is 27.8. The summed E-state index contributed by atoms with van der Waals surface area (Å²) in [7, 11) is 0. The third kappa shape index (κ3) is 5.08. The van der Waals surface area contributed by atoms with E-state index in [-0.39, 0.29) is 0 Å². The highest BCUT2D eigenvalue weighted by atomic mass is 16.2. The Morgan fingerprint density at radius 2 is 1.62 bits per heavy atom. The molecule has 0 spiro atoms. The number of piperazine rings is 1. The van der Waals surface area contributed by atoms with E-state index < -0.39 is 11.7 Å². The average molecular weight is 536 g/mol. The van der Waals surface area contributed by atoms with Gasteiger partial charge in [0.1, 0.15) is 11.5 Å². The van der Waals surface area contributed by atoms with Gasteiger partial charge in [0.15, 0.2) is 0 Å². The Bertz CT molecular complexity index is 1560. The van der Waals surface area contributed by atoms with Gasteiger partial charge in [-0.2, -0.15) is 0 Å². The van der Waals surface area contributed by atoms with E-state index in [9.17, 15) is 9.59 Å². The number of carbonyl (C=O) groups is 2. The molecular weight excluding hydrogens is 498 g/mol. The minimum Gasteiger partial charge on any atom is -0.368 e. The molecule has 2 fully saturated rings. The number of carbonyl (C=O) groups excluding carboxylic acids is 2. The fourth-order valence-corrected chi connectivity index (χ4v) is 6.38. The van der Waals surface area contributed by atoms with Crippen LogP contribution in [0.2, 0.25) is 0 Å². The molecular formula is C33H37N5O2. The molecule has 0 unspecified atom stereocenters. The summed E-state index contributed by atoms with van der Waals surface area (Å²) in [6.07, 6.45) is 6.34. The number of hydrogen-bond donors (Lipinski definition) is 1. The molecule has 1 aliphatic heterocycles. The topological polar surface area (TPSA) is 70.0 Å². The number of fused-ring (bicyclic) bond motifs is 1. The monoisotopic (exact) mass is 535 g/mol. The number of rotatable bonds is 6. The lowest BCUT2D eigenvalue weighted by molar-refractivity contribution is -0.112. The van der Waals surface area contributed by atoms with Crippen molar-refractivity contribution < 1.29 is 9.59 Å². The SMILES string of the molecule is Cc1cc(C)nc(N2CCN(c3ccc(NC(=O)C(=O)c4c(C5CCCC5)cc5ccccn45)c(C)c3)CC2)c1. The first-order chi connectivity index (χ1) is 19.4. The number of pyridine rings is 2. The first kappa shape index (κ1) is 26.1. The molecule has 7 nitrogen and oxygen atoms in total. The molecule has 0 bridgehead atoms. The Morgan fingerprint density at radius 1 is 0.875 bits per heavy atom. The van der Waals surface area contributed by atoms with Crippen LogP contribution in [-0.4, -0.2) is 47.3 Å². The summed E-state index contributed by atoms with van der Waals surface area (Å²) in [4.78, 5) is 36.3. The van der Waals surface area contributed by atoms with Crippen molar-refractivity contribution in [2.45, 2.75) is 52.4 Å². The standard InChI is InChI=1S/C33H37N5O2/c1-22-18-24(3)34-30(19-22)37-16-14-36(15-17-37)26-11-12-29(23(2)20-26)35-33(40)32(39)31-28(25-8-4-5-9-25)21-27-10-6-7-13-38(27)31/h6-7,10-13,18-21,25H,4-5,8-9,14-17H2,1-3H3,(H,35,40). The van der Waals surface area contributed by atoms with Crippen molar-refractivity contribution in [3.63, 3.8) is 0 Å². The highest BCUT2D eigenvalue weighted by Crippen LogP contribution is 2.37. The van der Waals surface area contributed by atoms with Crippen molar-refractivity contribution in [3.8, 4) is 0 Å². The molecule has 40 heavy (non-hydrogen) atoms. The minimum absolute atomic E-state index is 0.332. The van der Waals surface area contributed by atoms with Gasteiger partial charge in [0.05, 0.1) is 0 Å². The number of ketones is 1. The largest absolute Gasteiger partial charge is 0.368 e. The predicted molar refractivity (Wildman–Crippen MR) is 161 cm³/mol. The van der Waals surface area contributed by atoms with Crippen LogP contribution in [0.1, 0.15) is 64.5 Å². The van der Waals surface area contributed by atoms with Gasteiger partial charge in [-0.05, 0) is 105 Å². The van der Waals surface area contributed by atoms with E-state index in [0.717, 1.165) is 72.9 Å². The molecule has 1 N–H and O–H groups in total. The molecule has 1 aliphatic carbocycles. The zero-order valence-corrected chi connectivity index (χ0v) is 23.6. The van der Waals surface area contributed by atoms with Crippen molar-refractivity contribution in [1.82, 2.24) is 9.38 Å². The molecule has 4 aromatic rings. The summed E-state index contributed by atoms with van der Waals surface area (Å²) in [5, 5.41) is 2.91. The summed E-state index contributed by atoms with van der Waals surface area (Å²) in [6.45, 7) is 9.72. The van der Waals surface area contributed by atoms with Crippen LogP contribution in [0, 0.1) is 20.8 Å². The summed E-state index contributed by atoms with van der Waals surface area (Å²) in [5.74, 6) is 0.308. The van der Waals surface area contributed by atoms with Crippen molar-refractivity contribution in [2.75, 3.05) is 41.3 Å². The summed E-state index contributed by atoms with van der Waals surface area (Å²) in [6, 6.07) is 18.3. The van der Waals surface area contributed by atoms with E-state index in [1.165, 1.54) is 18.4 Å². The van der Waals surface area contributed by atoms with Crippen molar-refractivity contribution in [1.29, 1.82) is 0 Å². The second-order valence-electron chi connectivity index (χ2n) is 11.3. The number of nitrogens with zero attached hydrogens (tertiary/aromatic N) is 4. The molecule has 206 valence electrons.